The van der Waals surface area contributed by atoms with E-state index in [4.69, 9.17) is 9.15 Å². The molecule has 2 aromatic carbocycles. The molecule has 0 aliphatic rings. The largest absolute Gasteiger partial charge is 0.441 e. The zero-order chi connectivity index (χ0) is 16.2. The summed E-state index contributed by atoms with van der Waals surface area (Å²) in [5.41, 5.74) is 3.88. The fourth-order valence-electron chi connectivity index (χ4n) is 2.46. The first-order valence-corrected chi connectivity index (χ1v) is 7.73. The Morgan fingerprint density at radius 2 is 1.91 bits per heavy atom. The van der Waals surface area contributed by atoms with Crippen LogP contribution in [0.25, 0.3) is 11.1 Å². The van der Waals surface area contributed by atoms with Gasteiger partial charge in [0.15, 0.2) is 11.5 Å². The van der Waals surface area contributed by atoms with Crippen LogP contribution in [0.5, 0.6) is 5.75 Å². The molecule has 3 rings (SSSR count). The van der Waals surface area contributed by atoms with Crippen molar-refractivity contribution in [3.05, 3.63) is 59.5 Å². The van der Waals surface area contributed by atoms with E-state index >= 15 is 0 Å². The molecular formula is C19H19NO3. The molecule has 0 N–H and O–H groups in total. The summed E-state index contributed by atoms with van der Waals surface area (Å²) in [4.78, 5) is 16.1. The van der Waals surface area contributed by atoms with E-state index in [9.17, 15) is 4.79 Å². The number of hydrogen-bond acceptors (Lipinski definition) is 4. The van der Waals surface area contributed by atoms with Gasteiger partial charge in [-0.15, -0.1) is 0 Å². The van der Waals surface area contributed by atoms with Gasteiger partial charge in [0.25, 0.3) is 0 Å². The molecule has 4 heteroatoms. The number of nitrogens with zero attached hydrogens (tertiary/aromatic N) is 1. The van der Waals surface area contributed by atoms with E-state index in [-0.39, 0.29) is 5.97 Å². The van der Waals surface area contributed by atoms with Gasteiger partial charge in [0, 0.05) is 19.4 Å². The van der Waals surface area contributed by atoms with Crippen LogP contribution in [0.1, 0.15) is 29.9 Å². The number of benzene rings is 2. The van der Waals surface area contributed by atoms with Gasteiger partial charge in [-0.25, -0.2) is 4.98 Å². The minimum atomic E-state index is -0.229. The Balaban J connectivity index is 1.52. The predicted octanol–water partition coefficient (Wildman–Crippen LogP) is 4.37. The molecule has 118 valence electrons. The fourth-order valence-corrected chi connectivity index (χ4v) is 2.46. The molecule has 0 fully saturated rings. The van der Waals surface area contributed by atoms with Crippen LogP contribution in [-0.2, 0) is 11.2 Å². The second-order valence-electron chi connectivity index (χ2n) is 5.68. The number of rotatable bonds is 5. The molecule has 1 aromatic heterocycles. The summed E-state index contributed by atoms with van der Waals surface area (Å²) in [5, 5.41) is 0. The lowest BCUT2D eigenvalue weighted by molar-refractivity contribution is -0.134. The SMILES string of the molecule is Cc1ccc(CCCC(=O)Oc2ccc3nc(C)oc3c2)cc1. The van der Waals surface area contributed by atoms with Crippen molar-refractivity contribution in [3.8, 4) is 5.75 Å². The molecule has 0 aliphatic heterocycles. The summed E-state index contributed by atoms with van der Waals surface area (Å²) < 4.78 is 10.8. The molecule has 0 saturated carbocycles. The number of carbonyl (C=O) groups excluding carboxylic acids is 1. The Bertz CT molecular complexity index is 818. The van der Waals surface area contributed by atoms with Crippen molar-refractivity contribution in [2.24, 2.45) is 0 Å². The molecule has 0 aliphatic carbocycles. The lowest BCUT2D eigenvalue weighted by atomic mass is 10.1. The molecular weight excluding hydrogens is 290 g/mol. The summed E-state index contributed by atoms with van der Waals surface area (Å²) in [6.45, 7) is 3.85. The molecule has 0 saturated heterocycles. The van der Waals surface area contributed by atoms with Crippen LogP contribution in [0.3, 0.4) is 0 Å². The maximum absolute atomic E-state index is 11.9. The lowest BCUT2D eigenvalue weighted by Crippen LogP contribution is -2.08. The normalized spacial score (nSPS) is 10.9. The van der Waals surface area contributed by atoms with Crippen LogP contribution < -0.4 is 4.74 Å². The van der Waals surface area contributed by atoms with Gasteiger partial charge in [-0.3, -0.25) is 4.79 Å². The van der Waals surface area contributed by atoms with E-state index in [2.05, 4.69) is 36.2 Å². The van der Waals surface area contributed by atoms with Crippen molar-refractivity contribution >= 4 is 17.1 Å². The van der Waals surface area contributed by atoms with Gasteiger partial charge in [0.2, 0.25) is 0 Å². The van der Waals surface area contributed by atoms with Crippen molar-refractivity contribution in [2.75, 3.05) is 0 Å². The number of aryl methyl sites for hydroxylation is 3. The highest BCUT2D eigenvalue weighted by atomic mass is 16.5. The van der Waals surface area contributed by atoms with Gasteiger partial charge in [0.1, 0.15) is 11.3 Å². The van der Waals surface area contributed by atoms with Crippen molar-refractivity contribution in [3.63, 3.8) is 0 Å². The Hall–Kier alpha value is -2.62. The Morgan fingerprint density at radius 1 is 1.13 bits per heavy atom. The van der Waals surface area contributed by atoms with Gasteiger partial charge in [-0.2, -0.15) is 0 Å². The summed E-state index contributed by atoms with van der Waals surface area (Å²) in [6, 6.07) is 13.6. The van der Waals surface area contributed by atoms with Crippen LogP contribution in [0, 0.1) is 13.8 Å². The summed E-state index contributed by atoms with van der Waals surface area (Å²) in [5.74, 6) is 0.864. The topological polar surface area (TPSA) is 52.3 Å². The molecule has 3 aromatic rings. The zero-order valence-corrected chi connectivity index (χ0v) is 13.3. The number of carbonyl (C=O) groups is 1. The molecule has 0 radical (unpaired) electrons. The zero-order valence-electron chi connectivity index (χ0n) is 13.3. The Labute approximate surface area is 135 Å². The number of aromatic nitrogens is 1. The van der Waals surface area contributed by atoms with E-state index in [1.165, 1.54) is 11.1 Å². The first-order valence-electron chi connectivity index (χ1n) is 7.73. The lowest BCUT2D eigenvalue weighted by Gasteiger charge is -2.04. The summed E-state index contributed by atoms with van der Waals surface area (Å²) >= 11 is 0. The van der Waals surface area contributed by atoms with Crippen molar-refractivity contribution in [1.82, 2.24) is 4.98 Å². The van der Waals surface area contributed by atoms with Crippen LogP contribution >= 0.6 is 0 Å². The standard InChI is InChI=1S/C19H19NO3/c1-13-6-8-15(9-7-13)4-3-5-19(21)23-16-10-11-17-18(12-16)22-14(2)20-17/h6-12H,3-5H2,1-2H3. The maximum atomic E-state index is 11.9. The molecule has 4 nitrogen and oxygen atoms in total. The number of hydrogen-bond donors (Lipinski definition) is 0. The van der Waals surface area contributed by atoms with Crippen molar-refractivity contribution in [1.29, 1.82) is 0 Å². The average Bonchev–Trinajstić information content (AvgIpc) is 2.88. The molecule has 23 heavy (non-hydrogen) atoms. The molecule has 0 spiro atoms. The highest BCUT2D eigenvalue weighted by Gasteiger charge is 2.08. The number of esters is 1. The Morgan fingerprint density at radius 3 is 2.70 bits per heavy atom. The van der Waals surface area contributed by atoms with Crippen LogP contribution in [-0.4, -0.2) is 11.0 Å². The quantitative estimate of drug-likeness (QED) is 0.518. The Kier molecular flexibility index (Phi) is 4.42. The first kappa shape index (κ1) is 15.3. The minimum Gasteiger partial charge on any atom is -0.441 e. The van der Waals surface area contributed by atoms with Gasteiger partial charge < -0.3 is 9.15 Å². The van der Waals surface area contributed by atoms with Gasteiger partial charge in [0.05, 0.1) is 0 Å². The van der Waals surface area contributed by atoms with Gasteiger partial charge in [-0.05, 0) is 37.5 Å². The van der Waals surface area contributed by atoms with Crippen molar-refractivity contribution < 1.29 is 13.9 Å². The van der Waals surface area contributed by atoms with Gasteiger partial charge in [-0.1, -0.05) is 29.8 Å². The van der Waals surface area contributed by atoms with Crippen molar-refractivity contribution in [2.45, 2.75) is 33.1 Å². The van der Waals surface area contributed by atoms with Gasteiger partial charge >= 0.3 is 5.97 Å². The van der Waals surface area contributed by atoms with Crippen LogP contribution in [0.4, 0.5) is 0 Å². The summed E-state index contributed by atoms with van der Waals surface area (Å²) in [6.07, 6.45) is 2.03. The highest BCUT2D eigenvalue weighted by Crippen LogP contribution is 2.22. The molecule has 0 bridgehead atoms. The number of oxazole rings is 1. The highest BCUT2D eigenvalue weighted by molar-refractivity contribution is 5.77. The monoisotopic (exact) mass is 309 g/mol. The third-order valence-corrected chi connectivity index (χ3v) is 3.67. The van der Waals surface area contributed by atoms with Crippen LogP contribution in [0.15, 0.2) is 46.9 Å². The first-order chi connectivity index (χ1) is 11.1. The van der Waals surface area contributed by atoms with Crippen LogP contribution in [0.2, 0.25) is 0 Å². The molecule has 0 amide bonds. The van der Waals surface area contributed by atoms with E-state index in [0.717, 1.165) is 18.4 Å². The van der Waals surface area contributed by atoms with E-state index in [1.807, 2.05) is 0 Å². The second-order valence-corrected chi connectivity index (χ2v) is 5.68. The summed E-state index contributed by atoms with van der Waals surface area (Å²) in [7, 11) is 0. The van der Waals surface area contributed by atoms with E-state index < -0.39 is 0 Å². The molecule has 0 atom stereocenters. The number of fused-ring (bicyclic) bond motifs is 1. The second kappa shape index (κ2) is 6.65. The smallest absolute Gasteiger partial charge is 0.311 e. The molecule has 1 heterocycles. The van der Waals surface area contributed by atoms with E-state index in [0.29, 0.717) is 23.6 Å². The number of ether oxygens (including phenoxy) is 1. The van der Waals surface area contributed by atoms with E-state index in [1.54, 1.807) is 25.1 Å². The average molecular weight is 309 g/mol. The maximum Gasteiger partial charge on any atom is 0.311 e. The third kappa shape index (κ3) is 3.97. The third-order valence-electron chi connectivity index (χ3n) is 3.67. The molecule has 0 unspecified atom stereocenters. The fraction of sp³-hybridized carbons (Fsp3) is 0.263. The predicted molar refractivity (Wildman–Crippen MR) is 88.5 cm³/mol. The minimum absolute atomic E-state index is 0.229.